The number of hydrogen-bond donors (Lipinski definition) is 1. The van der Waals surface area contributed by atoms with Crippen LogP contribution in [0.1, 0.15) is 11.3 Å². The zero-order valence-corrected chi connectivity index (χ0v) is 12.9. The molecule has 0 unspecified atom stereocenters. The van der Waals surface area contributed by atoms with E-state index in [9.17, 15) is 17.8 Å². The lowest BCUT2D eigenvalue weighted by molar-refractivity contribution is -0.123. The summed E-state index contributed by atoms with van der Waals surface area (Å²) in [5.41, 5.74) is 3.25. The molecule has 0 saturated heterocycles. The molecule has 0 spiro atoms. The van der Waals surface area contributed by atoms with Crippen molar-refractivity contribution in [1.82, 2.24) is 5.43 Å². The number of hydrazone groups is 1. The van der Waals surface area contributed by atoms with Crippen molar-refractivity contribution in [3.63, 3.8) is 0 Å². The number of furan rings is 1. The van der Waals surface area contributed by atoms with Crippen LogP contribution in [0.5, 0.6) is 5.75 Å². The molecule has 1 heterocycles. The van der Waals surface area contributed by atoms with Crippen molar-refractivity contribution in [3.8, 4) is 5.75 Å². The summed E-state index contributed by atoms with van der Waals surface area (Å²) < 4.78 is 42.0. The Morgan fingerprint density at radius 1 is 1.30 bits per heavy atom. The highest BCUT2D eigenvalue weighted by molar-refractivity contribution is 7.85. The highest BCUT2D eigenvalue weighted by Gasteiger charge is 2.06. The maximum atomic E-state index is 11.5. The van der Waals surface area contributed by atoms with E-state index in [1.165, 1.54) is 6.07 Å². The van der Waals surface area contributed by atoms with E-state index in [1.54, 1.807) is 12.1 Å². The molecule has 0 atom stereocenters. The maximum absolute atomic E-state index is 11.5. The summed E-state index contributed by atoms with van der Waals surface area (Å²) in [6.45, 7) is 1.70. The Morgan fingerprint density at radius 3 is 2.61 bits per heavy atom. The van der Waals surface area contributed by atoms with Crippen LogP contribution in [0.2, 0.25) is 0 Å². The van der Waals surface area contributed by atoms with Crippen molar-refractivity contribution < 1.29 is 26.9 Å². The second-order valence-electron chi connectivity index (χ2n) is 4.51. The first-order valence-corrected chi connectivity index (χ1v) is 7.82. The number of nitrogens with one attached hydrogen (secondary N) is 1. The SMILES string of the molecule is Cc1ccc(OCC(=O)NN=Cc2ccc(S(=O)(=O)[O-])o2)cc1. The summed E-state index contributed by atoms with van der Waals surface area (Å²) in [4.78, 5) is 11.5. The summed E-state index contributed by atoms with van der Waals surface area (Å²) in [5, 5.41) is 2.85. The summed E-state index contributed by atoms with van der Waals surface area (Å²) in [5.74, 6) is 0.0512. The molecular weight excluding hydrogens is 324 g/mol. The van der Waals surface area contributed by atoms with Crippen molar-refractivity contribution in [3.05, 3.63) is 47.7 Å². The molecule has 0 aliphatic carbocycles. The van der Waals surface area contributed by atoms with Gasteiger partial charge in [-0.25, -0.2) is 13.8 Å². The fraction of sp³-hybridized carbons (Fsp3) is 0.143. The molecule has 0 radical (unpaired) electrons. The van der Waals surface area contributed by atoms with E-state index in [0.29, 0.717) is 5.75 Å². The standard InChI is InChI=1S/C14H14N2O6S/c1-10-2-4-11(5-3-10)21-9-13(17)16-15-8-12-6-7-14(22-12)23(18,19)20/h2-8H,9H2,1H3,(H,16,17)(H,18,19,20)/p-1. The quantitative estimate of drug-likeness (QED) is 0.477. The van der Waals surface area contributed by atoms with E-state index in [-0.39, 0.29) is 12.4 Å². The van der Waals surface area contributed by atoms with E-state index in [1.807, 2.05) is 19.1 Å². The van der Waals surface area contributed by atoms with Gasteiger partial charge in [-0.3, -0.25) is 4.79 Å². The van der Waals surface area contributed by atoms with Crippen molar-refractivity contribution in [2.24, 2.45) is 5.10 Å². The smallest absolute Gasteiger partial charge is 0.277 e. The van der Waals surface area contributed by atoms with Crippen LogP contribution in [-0.4, -0.2) is 31.7 Å². The molecular formula is C14H13N2O6S-. The van der Waals surface area contributed by atoms with Gasteiger partial charge in [0.15, 0.2) is 16.7 Å². The Bertz CT molecular complexity index is 808. The van der Waals surface area contributed by atoms with Gasteiger partial charge < -0.3 is 13.7 Å². The minimum atomic E-state index is -4.65. The Morgan fingerprint density at radius 2 is 2.00 bits per heavy atom. The molecule has 8 nitrogen and oxygen atoms in total. The first-order chi connectivity index (χ1) is 10.8. The second kappa shape index (κ2) is 7.07. The third kappa shape index (κ3) is 5.24. The van der Waals surface area contributed by atoms with E-state index >= 15 is 0 Å². The molecule has 9 heteroatoms. The van der Waals surface area contributed by atoms with Gasteiger partial charge in [-0.15, -0.1) is 0 Å². The van der Waals surface area contributed by atoms with Crippen molar-refractivity contribution in [1.29, 1.82) is 0 Å². The third-order valence-corrected chi connectivity index (χ3v) is 3.33. The number of hydrogen-bond acceptors (Lipinski definition) is 7. The number of amides is 1. The van der Waals surface area contributed by atoms with Gasteiger partial charge in [0.05, 0.1) is 6.21 Å². The summed E-state index contributed by atoms with van der Waals surface area (Å²) in [6, 6.07) is 9.42. The third-order valence-electron chi connectivity index (χ3n) is 2.62. The van der Waals surface area contributed by atoms with Gasteiger partial charge in [0.25, 0.3) is 5.91 Å². The van der Waals surface area contributed by atoms with Gasteiger partial charge in [-0.05, 0) is 31.2 Å². The number of aryl methyl sites for hydroxylation is 1. The number of nitrogens with zero attached hydrogens (tertiary/aromatic N) is 1. The number of ether oxygens (including phenoxy) is 1. The van der Waals surface area contributed by atoms with Crippen LogP contribution < -0.4 is 10.2 Å². The fourth-order valence-corrected chi connectivity index (χ4v) is 1.95. The van der Waals surface area contributed by atoms with Gasteiger partial charge in [0.2, 0.25) is 5.09 Å². The molecule has 2 aromatic rings. The molecule has 1 aromatic heterocycles. The lowest BCUT2D eigenvalue weighted by atomic mass is 10.2. The molecule has 23 heavy (non-hydrogen) atoms. The zero-order chi connectivity index (χ0) is 16.9. The molecule has 0 aliphatic rings. The fourth-order valence-electron chi connectivity index (χ4n) is 1.52. The molecule has 0 fully saturated rings. The average Bonchev–Trinajstić information content (AvgIpc) is 2.96. The van der Waals surface area contributed by atoms with Crippen LogP contribution in [0.25, 0.3) is 0 Å². The molecule has 1 N–H and O–H groups in total. The number of benzene rings is 1. The lowest BCUT2D eigenvalue weighted by Crippen LogP contribution is -2.24. The highest BCUT2D eigenvalue weighted by atomic mass is 32.2. The van der Waals surface area contributed by atoms with E-state index in [0.717, 1.165) is 17.8 Å². The number of rotatable bonds is 6. The van der Waals surface area contributed by atoms with Crippen molar-refractivity contribution >= 4 is 22.2 Å². The van der Waals surface area contributed by atoms with Crippen LogP contribution in [0.15, 0.2) is 51.0 Å². The Kier molecular flexibility index (Phi) is 5.14. The van der Waals surface area contributed by atoms with Gasteiger partial charge >= 0.3 is 0 Å². The van der Waals surface area contributed by atoms with E-state index in [2.05, 4.69) is 10.5 Å². The largest absolute Gasteiger partial charge is 0.742 e. The zero-order valence-electron chi connectivity index (χ0n) is 12.1. The summed E-state index contributed by atoms with van der Waals surface area (Å²) >= 11 is 0. The first-order valence-electron chi connectivity index (χ1n) is 6.42. The molecule has 0 bridgehead atoms. The van der Waals surface area contributed by atoms with Gasteiger partial charge in [-0.2, -0.15) is 5.10 Å². The summed E-state index contributed by atoms with van der Waals surface area (Å²) in [7, 11) is -4.65. The predicted molar refractivity (Wildman–Crippen MR) is 79.1 cm³/mol. The second-order valence-corrected chi connectivity index (χ2v) is 5.82. The Labute approximate surface area is 132 Å². The average molecular weight is 337 g/mol. The van der Waals surface area contributed by atoms with E-state index in [4.69, 9.17) is 9.15 Å². The molecule has 0 aliphatic heterocycles. The Hall–Kier alpha value is -2.65. The lowest BCUT2D eigenvalue weighted by Gasteiger charge is -2.04. The van der Waals surface area contributed by atoms with Crippen LogP contribution in [-0.2, 0) is 14.9 Å². The van der Waals surface area contributed by atoms with Gasteiger partial charge in [-0.1, -0.05) is 17.7 Å². The summed E-state index contributed by atoms with van der Waals surface area (Å²) in [6.07, 6.45) is 1.07. The maximum Gasteiger partial charge on any atom is 0.277 e. The van der Waals surface area contributed by atoms with Crippen LogP contribution in [0.3, 0.4) is 0 Å². The number of carbonyl (C=O) groups excluding carboxylic acids is 1. The highest BCUT2D eigenvalue weighted by Crippen LogP contribution is 2.12. The first kappa shape index (κ1) is 16.7. The van der Waals surface area contributed by atoms with E-state index < -0.39 is 21.1 Å². The molecule has 1 amide bonds. The van der Waals surface area contributed by atoms with Crippen molar-refractivity contribution in [2.75, 3.05) is 6.61 Å². The number of carbonyl (C=O) groups is 1. The predicted octanol–water partition coefficient (Wildman–Crippen LogP) is 1.02. The molecule has 122 valence electrons. The Balaban J connectivity index is 1.82. The molecule has 2 rings (SSSR count). The topological polar surface area (TPSA) is 121 Å². The van der Waals surface area contributed by atoms with Crippen LogP contribution in [0.4, 0.5) is 0 Å². The minimum Gasteiger partial charge on any atom is -0.742 e. The van der Waals surface area contributed by atoms with Crippen LogP contribution in [0, 0.1) is 6.92 Å². The molecule has 1 aromatic carbocycles. The minimum absolute atomic E-state index is 0.0131. The van der Waals surface area contributed by atoms with Gasteiger partial charge in [0.1, 0.15) is 11.5 Å². The van der Waals surface area contributed by atoms with Gasteiger partial charge in [0, 0.05) is 0 Å². The normalized spacial score (nSPS) is 11.6. The molecule has 0 saturated carbocycles. The van der Waals surface area contributed by atoms with Crippen LogP contribution >= 0.6 is 0 Å². The van der Waals surface area contributed by atoms with Crippen molar-refractivity contribution in [2.45, 2.75) is 12.0 Å². The monoisotopic (exact) mass is 337 g/mol.